The second-order valence-electron chi connectivity index (χ2n) is 4.21. The van der Waals surface area contributed by atoms with Crippen LogP contribution in [0.4, 0.5) is 4.39 Å². The van der Waals surface area contributed by atoms with Crippen LogP contribution in [0.3, 0.4) is 0 Å². The number of carbonyl (C=O) groups is 1. The van der Waals surface area contributed by atoms with Gasteiger partial charge in [0.05, 0.1) is 6.04 Å². The zero-order valence-corrected chi connectivity index (χ0v) is 9.24. The molecule has 0 spiro atoms. The molecule has 0 radical (unpaired) electrons. The first-order valence-corrected chi connectivity index (χ1v) is 5.39. The Hall–Kier alpha value is -1.42. The van der Waals surface area contributed by atoms with Crippen LogP contribution in [0.15, 0.2) is 18.2 Å². The van der Waals surface area contributed by atoms with Crippen molar-refractivity contribution in [3.63, 3.8) is 0 Å². The summed E-state index contributed by atoms with van der Waals surface area (Å²) in [4.78, 5) is 13.4. The van der Waals surface area contributed by atoms with Gasteiger partial charge in [-0.1, -0.05) is 6.07 Å². The number of benzene rings is 1. The maximum absolute atomic E-state index is 13.1. The molecule has 0 bridgehead atoms. The molecule has 3 nitrogen and oxygen atoms in total. The summed E-state index contributed by atoms with van der Waals surface area (Å²) in [6.07, 6.45) is 0.772. The van der Waals surface area contributed by atoms with Crippen molar-refractivity contribution in [3.8, 4) is 0 Å². The van der Waals surface area contributed by atoms with Crippen LogP contribution < -0.4 is 5.73 Å². The van der Waals surface area contributed by atoms with Gasteiger partial charge in [-0.15, -0.1) is 0 Å². The van der Waals surface area contributed by atoms with E-state index in [1.165, 1.54) is 12.1 Å². The maximum atomic E-state index is 13.1. The first kappa shape index (κ1) is 11.1. The summed E-state index contributed by atoms with van der Waals surface area (Å²) in [5, 5.41) is 0. The predicted molar refractivity (Wildman–Crippen MR) is 59.2 cm³/mol. The lowest BCUT2D eigenvalue weighted by atomic mass is 9.99. The van der Waals surface area contributed by atoms with E-state index < -0.39 is 6.04 Å². The average molecular weight is 222 g/mol. The fourth-order valence-corrected chi connectivity index (χ4v) is 2.00. The molecule has 0 saturated heterocycles. The molecular weight excluding hydrogens is 207 g/mol. The number of nitrogens with zero attached hydrogens (tertiary/aromatic N) is 1. The summed E-state index contributed by atoms with van der Waals surface area (Å²) in [5.74, 6) is -0.330. The van der Waals surface area contributed by atoms with Gasteiger partial charge >= 0.3 is 0 Å². The molecule has 0 aromatic heterocycles. The van der Waals surface area contributed by atoms with Crippen molar-refractivity contribution in [1.82, 2.24) is 4.90 Å². The molecule has 1 aliphatic rings. The topological polar surface area (TPSA) is 46.3 Å². The van der Waals surface area contributed by atoms with Gasteiger partial charge in [0.2, 0.25) is 5.91 Å². The van der Waals surface area contributed by atoms with Gasteiger partial charge in [-0.05, 0) is 36.6 Å². The van der Waals surface area contributed by atoms with E-state index in [4.69, 9.17) is 5.73 Å². The number of carbonyl (C=O) groups excluding carboxylic acids is 1. The van der Waals surface area contributed by atoms with Crippen LogP contribution in [-0.4, -0.2) is 23.4 Å². The Morgan fingerprint density at radius 2 is 2.25 bits per heavy atom. The third-order valence-electron chi connectivity index (χ3n) is 2.88. The Morgan fingerprint density at radius 3 is 2.94 bits per heavy atom. The van der Waals surface area contributed by atoms with Crippen molar-refractivity contribution in [2.24, 2.45) is 5.73 Å². The highest BCUT2D eigenvalue weighted by atomic mass is 19.1. The smallest absolute Gasteiger partial charge is 0.239 e. The van der Waals surface area contributed by atoms with Gasteiger partial charge < -0.3 is 10.6 Å². The molecule has 0 aliphatic carbocycles. The molecule has 1 amide bonds. The summed E-state index contributed by atoms with van der Waals surface area (Å²) in [6, 6.07) is 4.26. The second kappa shape index (κ2) is 4.22. The normalized spacial score (nSPS) is 16.8. The van der Waals surface area contributed by atoms with Crippen LogP contribution in [0.1, 0.15) is 18.1 Å². The van der Waals surface area contributed by atoms with Crippen molar-refractivity contribution >= 4 is 5.91 Å². The number of nitrogens with two attached hydrogens (primary N) is 1. The zero-order valence-electron chi connectivity index (χ0n) is 9.24. The largest absolute Gasteiger partial charge is 0.337 e. The Bertz CT molecular complexity index is 417. The molecule has 2 N–H and O–H groups in total. The third-order valence-corrected chi connectivity index (χ3v) is 2.88. The molecule has 1 aromatic carbocycles. The van der Waals surface area contributed by atoms with Gasteiger partial charge in [-0.3, -0.25) is 4.79 Å². The minimum Gasteiger partial charge on any atom is -0.337 e. The number of hydrogen-bond acceptors (Lipinski definition) is 2. The van der Waals surface area contributed by atoms with Gasteiger partial charge in [0.25, 0.3) is 0 Å². The molecule has 0 saturated carbocycles. The van der Waals surface area contributed by atoms with E-state index in [-0.39, 0.29) is 11.7 Å². The van der Waals surface area contributed by atoms with E-state index in [0.29, 0.717) is 13.1 Å². The lowest BCUT2D eigenvalue weighted by molar-refractivity contribution is -0.133. The standard InChI is InChI=1S/C12H15FN2O/c1-8(14)12(16)15-5-4-9-2-3-11(13)6-10(9)7-15/h2-3,6,8H,4-5,7,14H2,1H3/t8-/m1/s1. The van der Waals surface area contributed by atoms with E-state index in [0.717, 1.165) is 17.5 Å². The van der Waals surface area contributed by atoms with Crippen LogP contribution in [0.2, 0.25) is 0 Å². The van der Waals surface area contributed by atoms with Crippen LogP contribution in [-0.2, 0) is 17.8 Å². The van der Waals surface area contributed by atoms with Crippen molar-refractivity contribution in [2.45, 2.75) is 25.9 Å². The lowest BCUT2D eigenvalue weighted by Crippen LogP contribution is -2.44. The van der Waals surface area contributed by atoms with Crippen LogP contribution in [0.5, 0.6) is 0 Å². The van der Waals surface area contributed by atoms with E-state index in [1.807, 2.05) is 0 Å². The van der Waals surface area contributed by atoms with Gasteiger partial charge in [0.1, 0.15) is 5.82 Å². The molecule has 1 aromatic rings. The third kappa shape index (κ3) is 2.07. The number of hydrogen-bond donors (Lipinski definition) is 1. The first-order chi connectivity index (χ1) is 7.58. The number of amides is 1. The predicted octanol–water partition coefficient (Wildman–Crippen LogP) is 1.06. The fraction of sp³-hybridized carbons (Fsp3) is 0.417. The SMILES string of the molecule is C[C@@H](N)C(=O)N1CCc2ccc(F)cc2C1. The zero-order chi connectivity index (χ0) is 11.7. The highest BCUT2D eigenvalue weighted by Crippen LogP contribution is 2.20. The van der Waals surface area contributed by atoms with E-state index in [9.17, 15) is 9.18 Å². The molecule has 16 heavy (non-hydrogen) atoms. The summed E-state index contributed by atoms with van der Waals surface area (Å²) < 4.78 is 13.1. The van der Waals surface area contributed by atoms with Crippen molar-refractivity contribution in [3.05, 3.63) is 35.1 Å². The van der Waals surface area contributed by atoms with E-state index >= 15 is 0 Å². The Balaban J connectivity index is 2.20. The van der Waals surface area contributed by atoms with E-state index in [2.05, 4.69) is 0 Å². The minimum absolute atomic E-state index is 0.0742. The maximum Gasteiger partial charge on any atom is 0.239 e. The number of halogens is 1. The van der Waals surface area contributed by atoms with Crippen molar-refractivity contribution in [1.29, 1.82) is 0 Å². The van der Waals surface area contributed by atoms with Gasteiger partial charge in [0, 0.05) is 13.1 Å². The quantitative estimate of drug-likeness (QED) is 0.772. The van der Waals surface area contributed by atoms with Crippen LogP contribution in [0, 0.1) is 5.82 Å². The molecule has 1 heterocycles. The number of fused-ring (bicyclic) bond motifs is 1. The molecule has 86 valence electrons. The fourth-order valence-electron chi connectivity index (χ4n) is 2.00. The summed E-state index contributed by atoms with van der Waals surface area (Å²) in [6.45, 7) is 2.80. The van der Waals surface area contributed by atoms with Crippen molar-refractivity contribution < 1.29 is 9.18 Å². The van der Waals surface area contributed by atoms with Crippen molar-refractivity contribution in [2.75, 3.05) is 6.54 Å². The van der Waals surface area contributed by atoms with Crippen LogP contribution in [0.25, 0.3) is 0 Å². The molecule has 1 aliphatic heterocycles. The Labute approximate surface area is 94.0 Å². The molecular formula is C12H15FN2O. The summed E-state index contributed by atoms with van der Waals surface area (Å²) in [5.41, 5.74) is 7.56. The Kier molecular flexibility index (Phi) is 2.92. The second-order valence-corrected chi connectivity index (χ2v) is 4.21. The molecule has 0 fully saturated rings. The van der Waals surface area contributed by atoms with Gasteiger partial charge in [-0.25, -0.2) is 4.39 Å². The number of rotatable bonds is 1. The highest BCUT2D eigenvalue weighted by Gasteiger charge is 2.22. The monoisotopic (exact) mass is 222 g/mol. The molecule has 1 atom stereocenters. The van der Waals surface area contributed by atoms with Gasteiger partial charge in [0.15, 0.2) is 0 Å². The lowest BCUT2D eigenvalue weighted by Gasteiger charge is -2.30. The minimum atomic E-state index is -0.491. The van der Waals surface area contributed by atoms with Crippen LogP contribution >= 0.6 is 0 Å². The molecule has 4 heteroatoms. The first-order valence-electron chi connectivity index (χ1n) is 5.39. The molecule has 2 rings (SSSR count). The Morgan fingerprint density at radius 1 is 1.50 bits per heavy atom. The van der Waals surface area contributed by atoms with Gasteiger partial charge in [-0.2, -0.15) is 0 Å². The highest BCUT2D eigenvalue weighted by molar-refractivity contribution is 5.81. The molecule has 0 unspecified atom stereocenters. The average Bonchev–Trinajstić information content (AvgIpc) is 2.26. The summed E-state index contributed by atoms with van der Waals surface area (Å²) >= 11 is 0. The summed E-state index contributed by atoms with van der Waals surface area (Å²) in [7, 11) is 0. The van der Waals surface area contributed by atoms with E-state index in [1.54, 1.807) is 17.9 Å².